The average molecular weight is 282 g/mol. The second-order valence-electron chi connectivity index (χ2n) is 3.61. The van der Waals surface area contributed by atoms with Gasteiger partial charge in [-0.05, 0) is 30.6 Å². The molecular weight excluding hydrogens is 264 g/mol. The number of rotatable bonds is 8. The van der Waals surface area contributed by atoms with Crippen LogP contribution in [0, 0.1) is 11.3 Å². The minimum atomic E-state index is 0.259. The molecule has 5 heteroatoms. The fraction of sp³-hybridized carbons (Fsp3) is 0.462. The predicted octanol–water partition coefficient (Wildman–Crippen LogP) is 2.81. The maximum atomic E-state index is 9.17. The van der Waals surface area contributed by atoms with Gasteiger partial charge >= 0.3 is 0 Å². The fourth-order valence-electron chi connectivity index (χ4n) is 1.49. The summed E-state index contributed by atoms with van der Waals surface area (Å²) in [7, 11) is 0. The van der Waals surface area contributed by atoms with Crippen LogP contribution < -0.4 is 5.32 Å². The third kappa shape index (κ3) is 4.81. The Hall–Kier alpha value is -0.830. The van der Waals surface area contributed by atoms with E-state index in [1.165, 1.54) is 0 Å². The molecule has 0 amide bonds. The Morgan fingerprint density at radius 3 is 2.89 bits per heavy atom. The number of aliphatic hydroxyl groups is 1. The number of nitrogens with one attached hydrogen (secondary N) is 1. The topological polar surface area (TPSA) is 56.0 Å². The second kappa shape index (κ2) is 9.15. The molecule has 3 nitrogen and oxygen atoms in total. The molecule has 0 spiro atoms. The maximum absolute atomic E-state index is 9.17. The van der Waals surface area contributed by atoms with Gasteiger partial charge in [-0.15, -0.1) is 11.8 Å². The van der Waals surface area contributed by atoms with Gasteiger partial charge in [0.05, 0.1) is 11.3 Å². The summed E-state index contributed by atoms with van der Waals surface area (Å²) in [5.74, 6) is 1.96. The second-order valence-corrected chi connectivity index (χ2v) is 5.68. The van der Waals surface area contributed by atoms with Crippen LogP contribution in [0.5, 0.6) is 0 Å². The molecule has 0 aliphatic rings. The third-order valence-electron chi connectivity index (χ3n) is 2.37. The van der Waals surface area contributed by atoms with Crippen molar-refractivity contribution in [1.82, 2.24) is 0 Å². The van der Waals surface area contributed by atoms with E-state index < -0.39 is 0 Å². The molecule has 0 radical (unpaired) electrons. The first kappa shape index (κ1) is 15.2. The van der Waals surface area contributed by atoms with Gasteiger partial charge in [0, 0.05) is 23.8 Å². The molecule has 18 heavy (non-hydrogen) atoms. The van der Waals surface area contributed by atoms with Crippen LogP contribution >= 0.6 is 23.5 Å². The van der Waals surface area contributed by atoms with Gasteiger partial charge in [-0.1, -0.05) is 6.07 Å². The summed E-state index contributed by atoms with van der Waals surface area (Å²) in [4.78, 5) is 1.01. The van der Waals surface area contributed by atoms with Gasteiger partial charge in [-0.25, -0.2) is 0 Å². The quantitative estimate of drug-likeness (QED) is 0.567. The highest BCUT2D eigenvalue weighted by atomic mass is 32.2. The van der Waals surface area contributed by atoms with Gasteiger partial charge in [-0.2, -0.15) is 17.0 Å². The van der Waals surface area contributed by atoms with Gasteiger partial charge in [0.15, 0.2) is 0 Å². The number of benzene rings is 1. The van der Waals surface area contributed by atoms with Crippen LogP contribution in [0.4, 0.5) is 5.69 Å². The molecule has 0 bridgehead atoms. The Balaban J connectivity index is 2.45. The van der Waals surface area contributed by atoms with Crippen molar-refractivity contribution in [2.24, 2.45) is 0 Å². The first-order chi connectivity index (χ1) is 8.83. The number of thioether (sulfide) groups is 2. The lowest BCUT2D eigenvalue weighted by Crippen LogP contribution is -2.06. The molecule has 0 fully saturated rings. The van der Waals surface area contributed by atoms with Crippen LogP contribution in [0.15, 0.2) is 23.1 Å². The van der Waals surface area contributed by atoms with E-state index in [0.29, 0.717) is 0 Å². The Morgan fingerprint density at radius 1 is 1.39 bits per heavy atom. The SMILES string of the molecule is CSc1cccc(NCCSCCCO)c1C#N. The number of nitriles is 1. The van der Waals surface area contributed by atoms with E-state index in [1.54, 1.807) is 11.8 Å². The molecule has 0 atom stereocenters. The highest BCUT2D eigenvalue weighted by Gasteiger charge is 2.06. The summed E-state index contributed by atoms with van der Waals surface area (Å²) < 4.78 is 0. The molecule has 0 aliphatic heterocycles. The van der Waals surface area contributed by atoms with E-state index in [-0.39, 0.29) is 6.61 Å². The largest absolute Gasteiger partial charge is 0.396 e. The van der Waals surface area contributed by atoms with Crippen molar-refractivity contribution in [3.8, 4) is 6.07 Å². The van der Waals surface area contributed by atoms with Crippen LogP contribution in [-0.4, -0.2) is 36.0 Å². The lowest BCUT2D eigenvalue weighted by Gasteiger charge is -2.10. The first-order valence-electron chi connectivity index (χ1n) is 5.83. The molecule has 0 aliphatic carbocycles. The molecular formula is C13H18N2OS2. The standard InChI is InChI=1S/C13H18N2OS2/c1-17-13-5-2-4-12(11(13)10-14)15-6-9-18-8-3-7-16/h2,4-5,15-16H,3,6-9H2,1H3. The Bertz CT molecular complexity index is 404. The zero-order chi connectivity index (χ0) is 13.2. The number of nitrogens with zero attached hydrogens (tertiary/aromatic N) is 1. The molecule has 0 saturated carbocycles. The van der Waals surface area contributed by atoms with E-state index in [0.717, 1.165) is 40.6 Å². The third-order valence-corrected chi connectivity index (χ3v) is 4.22. The number of hydrogen-bond acceptors (Lipinski definition) is 5. The van der Waals surface area contributed by atoms with E-state index in [4.69, 9.17) is 10.4 Å². The summed E-state index contributed by atoms with van der Waals surface area (Å²) in [6, 6.07) is 8.12. The van der Waals surface area contributed by atoms with Crippen molar-refractivity contribution < 1.29 is 5.11 Å². The molecule has 98 valence electrons. The molecule has 0 heterocycles. The fourth-order valence-corrected chi connectivity index (χ4v) is 2.85. The van der Waals surface area contributed by atoms with Crippen LogP contribution in [-0.2, 0) is 0 Å². The lowest BCUT2D eigenvalue weighted by atomic mass is 10.2. The maximum Gasteiger partial charge on any atom is 0.102 e. The van der Waals surface area contributed by atoms with E-state index >= 15 is 0 Å². The van der Waals surface area contributed by atoms with E-state index in [1.807, 2.05) is 36.2 Å². The summed E-state index contributed by atoms with van der Waals surface area (Å²) in [6.07, 6.45) is 2.82. The monoisotopic (exact) mass is 282 g/mol. The van der Waals surface area contributed by atoms with Crippen LogP contribution in [0.1, 0.15) is 12.0 Å². The smallest absolute Gasteiger partial charge is 0.102 e. The predicted molar refractivity (Wildman–Crippen MR) is 80.5 cm³/mol. The van der Waals surface area contributed by atoms with Gasteiger partial charge in [0.1, 0.15) is 6.07 Å². The van der Waals surface area contributed by atoms with Crippen LogP contribution in [0.2, 0.25) is 0 Å². The van der Waals surface area contributed by atoms with Crippen molar-refractivity contribution in [3.63, 3.8) is 0 Å². The van der Waals surface area contributed by atoms with Gasteiger partial charge < -0.3 is 10.4 Å². The molecule has 1 aromatic carbocycles. The molecule has 1 aromatic rings. The zero-order valence-electron chi connectivity index (χ0n) is 10.5. The van der Waals surface area contributed by atoms with Crippen molar-refractivity contribution in [1.29, 1.82) is 5.26 Å². The van der Waals surface area contributed by atoms with Gasteiger partial charge in [-0.3, -0.25) is 0 Å². The summed E-state index contributed by atoms with van der Waals surface area (Å²) in [6.45, 7) is 1.09. The van der Waals surface area contributed by atoms with Crippen molar-refractivity contribution >= 4 is 29.2 Å². The molecule has 1 rings (SSSR count). The number of aliphatic hydroxyl groups excluding tert-OH is 1. The van der Waals surface area contributed by atoms with Crippen LogP contribution in [0.25, 0.3) is 0 Å². The Morgan fingerprint density at radius 2 is 2.22 bits per heavy atom. The summed E-state index contributed by atoms with van der Waals surface area (Å²) in [5, 5.41) is 21.1. The molecule has 0 aromatic heterocycles. The average Bonchev–Trinajstić information content (AvgIpc) is 2.42. The summed E-state index contributed by atoms with van der Waals surface area (Å²) in [5.41, 5.74) is 1.64. The normalized spacial score (nSPS) is 10.1. The number of hydrogen-bond donors (Lipinski definition) is 2. The highest BCUT2D eigenvalue weighted by molar-refractivity contribution is 7.99. The van der Waals surface area contributed by atoms with E-state index in [2.05, 4.69) is 11.4 Å². The van der Waals surface area contributed by atoms with Crippen LogP contribution in [0.3, 0.4) is 0 Å². The molecule has 0 saturated heterocycles. The van der Waals surface area contributed by atoms with Crippen molar-refractivity contribution in [2.75, 3.05) is 36.2 Å². The van der Waals surface area contributed by atoms with Gasteiger partial charge in [0.2, 0.25) is 0 Å². The van der Waals surface area contributed by atoms with Crippen molar-refractivity contribution in [2.45, 2.75) is 11.3 Å². The zero-order valence-corrected chi connectivity index (χ0v) is 12.1. The minimum absolute atomic E-state index is 0.259. The first-order valence-corrected chi connectivity index (χ1v) is 8.21. The Kier molecular flexibility index (Phi) is 7.74. The minimum Gasteiger partial charge on any atom is -0.396 e. The molecule has 0 unspecified atom stereocenters. The Labute approximate surface area is 117 Å². The lowest BCUT2D eigenvalue weighted by molar-refractivity contribution is 0.296. The summed E-state index contributed by atoms with van der Waals surface area (Å²) >= 11 is 3.40. The van der Waals surface area contributed by atoms with Gasteiger partial charge in [0.25, 0.3) is 0 Å². The van der Waals surface area contributed by atoms with Crippen molar-refractivity contribution in [3.05, 3.63) is 23.8 Å². The molecule has 2 N–H and O–H groups in total. The van der Waals surface area contributed by atoms with E-state index in [9.17, 15) is 0 Å². The number of anilines is 1. The highest BCUT2D eigenvalue weighted by Crippen LogP contribution is 2.26.